The quantitative estimate of drug-likeness (QED) is 0.623. The van der Waals surface area contributed by atoms with Crippen LogP contribution < -0.4 is 5.32 Å². The third-order valence-electron chi connectivity index (χ3n) is 4.13. The number of carbonyl (C=O) groups excluding carboxylic acids is 1. The first kappa shape index (κ1) is 15.3. The number of pyridine rings is 2. The molecule has 124 valence electrons. The van der Waals surface area contributed by atoms with E-state index < -0.39 is 0 Å². The minimum absolute atomic E-state index is 0.236. The number of fused-ring (bicyclic) bond motifs is 2. The molecule has 0 fully saturated rings. The predicted octanol–water partition coefficient (Wildman–Crippen LogP) is 3.56. The molecule has 3 aromatic heterocycles. The summed E-state index contributed by atoms with van der Waals surface area (Å²) in [5.74, 6) is 0.278. The summed E-state index contributed by atoms with van der Waals surface area (Å²) in [5.41, 5.74) is 3.34. The van der Waals surface area contributed by atoms with Gasteiger partial charge in [-0.25, -0.2) is 9.67 Å². The molecule has 1 amide bonds. The van der Waals surface area contributed by atoms with Crippen LogP contribution in [-0.4, -0.2) is 25.7 Å². The highest BCUT2D eigenvalue weighted by molar-refractivity contribution is 6.08. The number of aromatic nitrogens is 4. The molecule has 4 aromatic rings. The van der Waals surface area contributed by atoms with E-state index in [1.807, 2.05) is 32.0 Å². The summed E-state index contributed by atoms with van der Waals surface area (Å²) >= 11 is 0. The number of aryl methyl sites for hydroxylation is 2. The second kappa shape index (κ2) is 5.98. The first-order valence-corrected chi connectivity index (χ1v) is 8.15. The molecule has 0 atom stereocenters. The molecular formula is C19H17N5O. The number of nitrogens with zero attached hydrogens (tertiary/aromatic N) is 4. The van der Waals surface area contributed by atoms with E-state index in [9.17, 15) is 4.79 Å². The van der Waals surface area contributed by atoms with Crippen molar-refractivity contribution in [1.29, 1.82) is 0 Å². The monoisotopic (exact) mass is 331 g/mol. The van der Waals surface area contributed by atoms with Crippen molar-refractivity contribution in [1.82, 2.24) is 19.7 Å². The highest BCUT2D eigenvalue weighted by atomic mass is 16.1. The fourth-order valence-electron chi connectivity index (χ4n) is 2.85. The van der Waals surface area contributed by atoms with Crippen LogP contribution in [0.2, 0.25) is 0 Å². The average Bonchev–Trinajstić information content (AvgIpc) is 2.97. The zero-order chi connectivity index (χ0) is 17.4. The Morgan fingerprint density at radius 3 is 2.88 bits per heavy atom. The topological polar surface area (TPSA) is 72.7 Å². The molecule has 1 aromatic carbocycles. The van der Waals surface area contributed by atoms with Crippen LogP contribution in [0.1, 0.15) is 22.8 Å². The normalized spacial score (nSPS) is 11.1. The minimum Gasteiger partial charge on any atom is -0.304 e. The van der Waals surface area contributed by atoms with Gasteiger partial charge in [-0.3, -0.25) is 9.78 Å². The molecule has 0 aliphatic rings. The number of anilines is 1. The highest BCUT2D eigenvalue weighted by Crippen LogP contribution is 2.26. The molecule has 3 heterocycles. The molecule has 0 saturated heterocycles. The lowest BCUT2D eigenvalue weighted by Crippen LogP contribution is -2.13. The zero-order valence-corrected chi connectivity index (χ0v) is 14.0. The van der Waals surface area contributed by atoms with Gasteiger partial charge >= 0.3 is 0 Å². The fourth-order valence-corrected chi connectivity index (χ4v) is 2.85. The Bertz CT molecular complexity index is 1090. The van der Waals surface area contributed by atoms with Gasteiger partial charge in [-0.15, -0.1) is 0 Å². The van der Waals surface area contributed by atoms with Crippen LogP contribution in [0.15, 0.2) is 48.8 Å². The number of hydrogen-bond acceptors (Lipinski definition) is 4. The maximum Gasteiger partial charge on any atom is 0.258 e. The lowest BCUT2D eigenvalue weighted by molar-refractivity contribution is 0.102. The van der Waals surface area contributed by atoms with Gasteiger partial charge in [0.2, 0.25) is 0 Å². The summed E-state index contributed by atoms with van der Waals surface area (Å²) < 4.78 is 1.80. The van der Waals surface area contributed by atoms with E-state index >= 15 is 0 Å². The van der Waals surface area contributed by atoms with Gasteiger partial charge in [0.25, 0.3) is 5.91 Å². The molecule has 0 aliphatic heterocycles. The Labute approximate surface area is 144 Å². The van der Waals surface area contributed by atoms with Crippen molar-refractivity contribution in [2.45, 2.75) is 20.4 Å². The number of carbonyl (C=O) groups is 1. The van der Waals surface area contributed by atoms with Gasteiger partial charge in [0.15, 0.2) is 11.5 Å². The summed E-state index contributed by atoms with van der Waals surface area (Å²) in [6.45, 7) is 4.72. The van der Waals surface area contributed by atoms with E-state index in [4.69, 9.17) is 4.98 Å². The largest absolute Gasteiger partial charge is 0.304 e. The average molecular weight is 331 g/mol. The molecule has 0 spiro atoms. The third-order valence-corrected chi connectivity index (χ3v) is 4.13. The van der Waals surface area contributed by atoms with Gasteiger partial charge in [-0.1, -0.05) is 12.1 Å². The molecule has 0 aliphatic carbocycles. The van der Waals surface area contributed by atoms with Crippen LogP contribution in [0, 0.1) is 6.92 Å². The molecule has 0 unspecified atom stereocenters. The number of benzene rings is 1. The van der Waals surface area contributed by atoms with Crippen LogP contribution >= 0.6 is 0 Å². The van der Waals surface area contributed by atoms with Crippen molar-refractivity contribution in [2.24, 2.45) is 0 Å². The van der Waals surface area contributed by atoms with Crippen molar-refractivity contribution in [3.05, 3.63) is 59.9 Å². The molecular weight excluding hydrogens is 314 g/mol. The maximum atomic E-state index is 12.4. The van der Waals surface area contributed by atoms with Gasteiger partial charge in [-0.2, -0.15) is 5.10 Å². The van der Waals surface area contributed by atoms with Crippen LogP contribution in [-0.2, 0) is 6.54 Å². The first-order chi connectivity index (χ1) is 12.2. The third kappa shape index (κ3) is 2.71. The van der Waals surface area contributed by atoms with E-state index in [-0.39, 0.29) is 5.91 Å². The summed E-state index contributed by atoms with van der Waals surface area (Å²) in [5, 5.41) is 9.25. The lowest BCUT2D eigenvalue weighted by atomic mass is 10.1. The van der Waals surface area contributed by atoms with Crippen LogP contribution in [0.25, 0.3) is 21.9 Å². The van der Waals surface area contributed by atoms with Crippen molar-refractivity contribution in [3.63, 3.8) is 0 Å². The second-order valence-electron chi connectivity index (χ2n) is 5.92. The van der Waals surface area contributed by atoms with E-state index in [0.717, 1.165) is 27.5 Å². The molecule has 4 rings (SSSR count). The molecule has 1 N–H and O–H groups in total. The van der Waals surface area contributed by atoms with Crippen LogP contribution in [0.5, 0.6) is 0 Å². The standard InChI is InChI=1S/C19H17N5O/c1-3-24-18-15(10-13-7-6-12(2)9-16(13)21-18)17(23-24)22-19(25)14-5-4-8-20-11-14/h4-11H,3H2,1-2H3,(H,22,23,25). The Hall–Kier alpha value is -3.28. The first-order valence-electron chi connectivity index (χ1n) is 8.15. The van der Waals surface area contributed by atoms with E-state index in [1.165, 1.54) is 6.20 Å². The van der Waals surface area contributed by atoms with Gasteiger partial charge < -0.3 is 5.32 Å². The SMILES string of the molecule is CCn1nc(NC(=O)c2cccnc2)c2cc3ccc(C)cc3nc21. The Kier molecular flexibility index (Phi) is 3.65. The molecule has 0 saturated carbocycles. The van der Waals surface area contributed by atoms with Crippen LogP contribution in [0.4, 0.5) is 5.82 Å². The predicted molar refractivity (Wildman–Crippen MR) is 97.6 cm³/mol. The Balaban J connectivity index is 1.83. The molecule has 25 heavy (non-hydrogen) atoms. The molecule has 6 heteroatoms. The Morgan fingerprint density at radius 2 is 2.12 bits per heavy atom. The maximum absolute atomic E-state index is 12.4. The van der Waals surface area contributed by atoms with E-state index in [2.05, 4.69) is 21.5 Å². The lowest BCUT2D eigenvalue weighted by Gasteiger charge is -2.03. The fraction of sp³-hybridized carbons (Fsp3) is 0.158. The van der Waals surface area contributed by atoms with Crippen molar-refractivity contribution in [2.75, 3.05) is 5.32 Å². The van der Waals surface area contributed by atoms with Crippen molar-refractivity contribution in [3.8, 4) is 0 Å². The van der Waals surface area contributed by atoms with Crippen molar-refractivity contribution >= 4 is 33.7 Å². The summed E-state index contributed by atoms with van der Waals surface area (Å²) in [6.07, 6.45) is 3.17. The van der Waals surface area contributed by atoms with Gasteiger partial charge in [-0.05, 0) is 43.7 Å². The molecule has 6 nitrogen and oxygen atoms in total. The van der Waals surface area contributed by atoms with E-state index in [1.54, 1.807) is 23.0 Å². The van der Waals surface area contributed by atoms with Gasteiger partial charge in [0, 0.05) is 24.3 Å². The number of amides is 1. The Morgan fingerprint density at radius 1 is 1.24 bits per heavy atom. The summed E-state index contributed by atoms with van der Waals surface area (Å²) in [4.78, 5) is 21.2. The minimum atomic E-state index is -0.236. The molecule has 0 radical (unpaired) electrons. The van der Waals surface area contributed by atoms with Gasteiger partial charge in [0.1, 0.15) is 0 Å². The molecule has 0 bridgehead atoms. The smallest absolute Gasteiger partial charge is 0.258 e. The number of nitrogens with one attached hydrogen (secondary N) is 1. The summed E-state index contributed by atoms with van der Waals surface area (Å²) in [7, 11) is 0. The second-order valence-corrected chi connectivity index (χ2v) is 5.92. The summed E-state index contributed by atoms with van der Waals surface area (Å²) in [6, 6.07) is 11.6. The number of hydrogen-bond donors (Lipinski definition) is 1. The van der Waals surface area contributed by atoms with Crippen LogP contribution in [0.3, 0.4) is 0 Å². The van der Waals surface area contributed by atoms with E-state index in [0.29, 0.717) is 17.9 Å². The highest BCUT2D eigenvalue weighted by Gasteiger charge is 2.15. The van der Waals surface area contributed by atoms with Gasteiger partial charge in [0.05, 0.1) is 16.5 Å². The van der Waals surface area contributed by atoms with Crippen molar-refractivity contribution < 1.29 is 4.79 Å². The number of rotatable bonds is 3. The zero-order valence-electron chi connectivity index (χ0n) is 14.0.